The van der Waals surface area contributed by atoms with E-state index in [1.807, 2.05) is 41.8 Å². The molecule has 66 valence electrons. The van der Waals surface area contributed by atoms with Gasteiger partial charge in [0.2, 0.25) is 0 Å². The quantitative estimate of drug-likeness (QED) is 0.592. The highest BCUT2D eigenvalue weighted by Crippen LogP contribution is 1.45. The summed E-state index contributed by atoms with van der Waals surface area (Å²) in [5.41, 5.74) is 0. The fourth-order valence-corrected chi connectivity index (χ4v) is 0.250. The average Bonchev–Trinajstić information content (AvgIpc) is 2.08. The summed E-state index contributed by atoms with van der Waals surface area (Å²) in [4.78, 5) is 0. The van der Waals surface area contributed by atoms with E-state index in [0.717, 1.165) is 13.1 Å². The molecule has 0 aliphatic heterocycles. The van der Waals surface area contributed by atoms with Gasteiger partial charge in [0.25, 0.3) is 0 Å². The molecular formula is C8H24N2. The summed E-state index contributed by atoms with van der Waals surface area (Å²) in [6.07, 6.45) is 0. The Morgan fingerprint density at radius 3 is 1.00 bits per heavy atom. The zero-order valence-electron chi connectivity index (χ0n) is 8.41. The van der Waals surface area contributed by atoms with E-state index in [1.54, 1.807) is 0 Å². The van der Waals surface area contributed by atoms with Gasteiger partial charge < -0.3 is 10.6 Å². The van der Waals surface area contributed by atoms with Crippen molar-refractivity contribution in [1.29, 1.82) is 0 Å². The molecule has 0 saturated heterocycles. The van der Waals surface area contributed by atoms with Gasteiger partial charge in [0.05, 0.1) is 0 Å². The monoisotopic (exact) mass is 148 g/mol. The van der Waals surface area contributed by atoms with Gasteiger partial charge in [0.1, 0.15) is 0 Å². The van der Waals surface area contributed by atoms with E-state index >= 15 is 0 Å². The van der Waals surface area contributed by atoms with Crippen LogP contribution in [0.3, 0.4) is 0 Å². The maximum Gasteiger partial charge on any atom is 0.00736 e. The van der Waals surface area contributed by atoms with Crippen molar-refractivity contribution >= 4 is 0 Å². The lowest BCUT2D eigenvalue weighted by Gasteiger charge is -1.92. The van der Waals surface area contributed by atoms with Crippen LogP contribution >= 0.6 is 0 Å². The molecule has 0 rings (SSSR count). The minimum absolute atomic E-state index is 1.05. The fraction of sp³-hybridized carbons (Fsp3) is 1.00. The van der Waals surface area contributed by atoms with Gasteiger partial charge in [0, 0.05) is 13.1 Å². The Bertz CT molecular complexity index is 19.2. The first-order chi connectivity index (χ1) is 4.91. The second-order valence-electron chi connectivity index (χ2n) is 1.21. The third kappa shape index (κ3) is 44.5. The summed E-state index contributed by atoms with van der Waals surface area (Å²) in [7, 11) is 3.88. The standard InChI is InChI=1S/C4H12N2.2C2H6/c1-5-3-4-6-2;2*1-2/h5-6H,3-4H2,1-2H3;2*1-2H3. The molecule has 2 N–H and O–H groups in total. The molecule has 0 bridgehead atoms. The van der Waals surface area contributed by atoms with Crippen molar-refractivity contribution in [3.05, 3.63) is 0 Å². The third-order valence-corrected chi connectivity index (χ3v) is 0.625. The van der Waals surface area contributed by atoms with Gasteiger partial charge in [-0.3, -0.25) is 0 Å². The zero-order valence-corrected chi connectivity index (χ0v) is 8.41. The Labute approximate surface area is 66.4 Å². The first-order valence-electron chi connectivity index (χ1n) is 4.21. The van der Waals surface area contributed by atoms with Crippen molar-refractivity contribution in [3.8, 4) is 0 Å². The van der Waals surface area contributed by atoms with Crippen LogP contribution in [0, 0.1) is 0 Å². The Balaban J connectivity index is -0.000000105. The SMILES string of the molecule is CC.CC.CNCCNC. The lowest BCUT2D eigenvalue weighted by Crippen LogP contribution is -2.21. The first-order valence-corrected chi connectivity index (χ1v) is 4.21. The van der Waals surface area contributed by atoms with Gasteiger partial charge >= 0.3 is 0 Å². The van der Waals surface area contributed by atoms with E-state index in [1.165, 1.54) is 0 Å². The number of rotatable bonds is 3. The molecule has 0 saturated carbocycles. The molecule has 0 aromatic heterocycles. The van der Waals surface area contributed by atoms with E-state index in [0.29, 0.717) is 0 Å². The van der Waals surface area contributed by atoms with Crippen molar-refractivity contribution in [2.45, 2.75) is 27.7 Å². The van der Waals surface area contributed by atoms with Crippen LogP contribution in [0.5, 0.6) is 0 Å². The average molecular weight is 148 g/mol. The topological polar surface area (TPSA) is 24.1 Å². The highest BCUT2D eigenvalue weighted by molar-refractivity contribution is 4.38. The molecule has 0 aliphatic carbocycles. The molecule has 0 radical (unpaired) electrons. The number of hydrogen-bond acceptors (Lipinski definition) is 2. The van der Waals surface area contributed by atoms with Crippen molar-refractivity contribution in [2.24, 2.45) is 0 Å². The Kier molecular flexibility index (Phi) is 60.0. The molecule has 2 heteroatoms. The summed E-state index contributed by atoms with van der Waals surface area (Å²) in [5.74, 6) is 0. The van der Waals surface area contributed by atoms with Crippen molar-refractivity contribution in [1.82, 2.24) is 10.6 Å². The van der Waals surface area contributed by atoms with Crippen LogP contribution in [0.4, 0.5) is 0 Å². The molecule has 0 atom stereocenters. The van der Waals surface area contributed by atoms with E-state index < -0.39 is 0 Å². The van der Waals surface area contributed by atoms with Gasteiger partial charge in [-0.05, 0) is 14.1 Å². The van der Waals surface area contributed by atoms with Crippen LogP contribution in [0.1, 0.15) is 27.7 Å². The number of hydrogen-bond donors (Lipinski definition) is 2. The number of nitrogens with one attached hydrogen (secondary N) is 2. The van der Waals surface area contributed by atoms with Crippen molar-refractivity contribution in [3.63, 3.8) is 0 Å². The Morgan fingerprint density at radius 2 is 0.900 bits per heavy atom. The fourth-order valence-electron chi connectivity index (χ4n) is 0.250. The Hall–Kier alpha value is -0.0800. The molecule has 0 heterocycles. The maximum atomic E-state index is 3.01. The lowest BCUT2D eigenvalue weighted by molar-refractivity contribution is 0.718. The van der Waals surface area contributed by atoms with E-state index in [9.17, 15) is 0 Å². The molecule has 2 nitrogen and oxygen atoms in total. The molecule has 0 fully saturated rings. The highest BCUT2D eigenvalue weighted by atomic mass is 14.9. The molecule has 0 aromatic rings. The van der Waals surface area contributed by atoms with Crippen LogP contribution in [0.15, 0.2) is 0 Å². The molecule has 0 spiro atoms. The Morgan fingerprint density at radius 1 is 0.700 bits per heavy atom. The molecule has 10 heavy (non-hydrogen) atoms. The van der Waals surface area contributed by atoms with Gasteiger partial charge in [-0.25, -0.2) is 0 Å². The minimum Gasteiger partial charge on any atom is -0.318 e. The minimum atomic E-state index is 1.05. The van der Waals surface area contributed by atoms with E-state index in [4.69, 9.17) is 0 Å². The summed E-state index contributed by atoms with van der Waals surface area (Å²) in [6.45, 7) is 10.1. The van der Waals surface area contributed by atoms with Crippen molar-refractivity contribution in [2.75, 3.05) is 27.2 Å². The zero-order chi connectivity index (χ0) is 8.83. The normalized spacial score (nSPS) is 6.60. The summed E-state index contributed by atoms with van der Waals surface area (Å²) in [5, 5.41) is 6.01. The lowest BCUT2D eigenvalue weighted by atomic mass is 10.6. The summed E-state index contributed by atoms with van der Waals surface area (Å²) < 4.78 is 0. The van der Waals surface area contributed by atoms with Crippen molar-refractivity contribution < 1.29 is 0 Å². The largest absolute Gasteiger partial charge is 0.318 e. The van der Waals surface area contributed by atoms with Gasteiger partial charge in [0.15, 0.2) is 0 Å². The second kappa shape index (κ2) is 36.4. The molecule has 0 amide bonds. The van der Waals surface area contributed by atoms with Crippen LogP contribution in [0.2, 0.25) is 0 Å². The number of likely N-dealkylation sites (N-methyl/N-ethyl adjacent to an activating group) is 2. The van der Waals surface area contributed by atoms with Crippen LogP contribution in [-0.2, 0) is 0 Å². The predicted molar refractivity (Wildman–Crippen MR) is 50.5 cm³/mol. The van der Waals surface area contributed by atoms with Crippen LogP contribution in [0.25, 0.3) is 0 Å². The smallest absolute Gasteiger partial charge is 0.00736 e. The van der Waals surface area contributed by atoms with Gasteiger partial charge in [-0.15, -0.1) is 0 Å². The van der Waals surface area contributed by atoms with Gasteiger partial charge in [-0.2, -0.15) is 0 Å². The molecule has 0 unspecified atom stereocenters. The predicted octanol–water partition coefficient (Wildman–Crippen LogP) is 1.48. The molecule has 0 aromatic carbocycles. The summed E-state index contributed by atoms with van der Waals surface area (Å²) >= 11 is 0. The highest BCUT2D eigenvalue weighted by Gasteiger charge is 1.70. The van der Waals surface area contributed by atoms with Gasteiger partial charge in [-0.1, -0.05) is 27.7 Å². The van der Waals surface area contributed by atoms with Crippen LogP contribution < -0.4 is 10.6 Å². The first kappa shape index (κ1) is 16.5. The molecule has 0 aliphatic rings. The third-order valence-electron chi connectivity index (χ3n) is 0.625. The summed E-state index contributed by atoms with van der Waals surface area (Å²) in [6, 6.07) is 0. The second-order valence-corrected chi connectivity index (χ2v) is 1.21. The van der Waals surface area contributed by atoms with E-state index in [2.05, 4.69) is 10.6 Å². The van der Waals surface area contributed by atoms with Crippen LogP contribution in [-0.4, -0.2) is 27.2 Å². The van der Waals surface area contributed by atoms with E-state index in [-0.39, 0.29) is 0 Å². The maximum absolute atomic E-state index is 3.01. The molecular weight excluding hydrogens is 124 g/mol.